The maximum atomic E-state index is 8.81. The molecular formula is C17H16N2OS. The molecule has 1 aromatic carbocycles. The zero-order chi connectivity index (χ0) is 14.7. The Morgan fingerprint density at radius 1 is 1.29 bits per heavy atom. The quantitative estimate of drug-likeness (QED) is 0.754. The van der Waals surface area contributed by atoms with Crippen molar-refractivity contribution in [1.82, 2.24) is 9.55 Å². The van der Waals surface area contributed by atoms with E-state index >= 15 is 0 Å². The van der Waals surface area contributed by atoms with Crippen LogP contribution in [0, 0.1) is 18.8 Å². The van der Waals surface area contributed by atoms with Gasteiger partial charge >= 0.3 is 0 Å². The van der Waals surface area contributed by atoms with E-state index in [0.29, 0.717) is 6.42 Å². The van der Waals surface area contributed by atoms with Gasteiger partial charge in [0.25, 0.3) is 0 Å². The summed E-state index contributed by atoms with van der Waals surface area (Å²) in [6.07, 6.45) is 0.516. The van der Waals surface area contributed by atoms with E-state index in [0.717, 1.165) is 29.0 Å². The Balaban J connectivity index is 1.95. The van der Waals surface area contributed by atoms with Crippen molar-refractivity contribution < 1.29 is 5.11 Å². The average molecular weight is 296 g/mol. The zero-order valence-corrected chi connectivity index (χ0v) is 12.7. The molecule has 0 saturated heterocycles. The summed E-state index contributed by atoms with van der Waals surface area (Å²) in [6, 6.07) is 10.2. The summed E-state index contributed by atoms with van der Waals surface area (Å²) in [5.74, 6) is 7.14. The third-order valence-corrected chi connectivity index (χ3v) is 4.26. The Morgan fingerprint density at radius 2 is 2.14 bits per heavy atom. The topological polar surface area (TPSA) is 38.0 Å². The number of aromatic nitrogens is 2. The first-order chi connectivity index (χ1) is 10.3. The van der Waals surface area contributed by atoms with E-state index in [4.69, 9.17) is 5.11 Å². The number of hydrogen-bond acceptors (Lipinski definition) is 3. The molecular weight excluding hydrogens is 280 g/mol. The van der Waals surface area contributed by atoms with Crippen molar-refractivity contribution in [1.29, 1.82) is 0 Å². The number of benzene rings is 1. The Hall–Kier alpha value is -2.09. The third kappa shape index (κ3) is 2.85. The maximum absolute atomic E-state index is 8.81. The van der Waals surface area contributed by atoms with Crippen LogP contribution in [0.15, 0.2) is 35.7 Å². The van der Waals surface area contributed by atoms with Gasteiger partial charge in [-0.05, 0) is 30.5 Å². The fraction of sp³-hybridized carbons (Fsp3) is 0.235. The van der Waals surface area contributed by atoms with Crippen LogP contribution in [0.1, 0.15) is 22.7 Å². The molecule has 0 bridgehead atoms. The molecule has 0 spiro atoms. The van der Waals surface area contributed by atoms with Crippen molar-refractivity contribution >= 4 is 22.4 Å². The van der Waals surface area contributed by atoms with E-state index < -0.39 is 0 Å². The number of thiophene rings is 1. The highest BCUT2D eigenvalue weighted by atomic mass is 32.1. The molecule has 21 heavy (non-hydrogen) atoms. The summed E-state index contributed by atoms with van der Waals surface area (Å²) < 4.78 is 2.22. The summed E-state index contributed by atoms with van der Waals surface area (Å²) in [5.41, 5.74) is 3.22. The van der Waals surface area contributed by atoms with Gasteiger partial charge in [-0.25, -0.2) is 4.98 Å². The van der Waals surface area contributed by atoms with Gasteiger partial charge in [0.2, 0.25) is 0 Å². The molecule has 2 heterocycles. The lowest BCUT2D eigenvalue weighted by atomic mass is 10.2. The number of imidazole rings is 1. The van der Waals surface area contributed by atoms with Gasteiger partial charge in [0.15, 0.2) is 0 Å². The van der Waals surface area contributed by atoms with Crippen molar-refractivity contribution in [3.05, 3.63) is 52.0 Å². The molecule has 4 heteroatoms. The van der Waals surface area contributed by atoms with Gasteiger partial charge in [0.1, 0.15) is 5.82 Å². The van der Waals surface area contributed by atoms with Crippen molar-refractivity contribution in [2.75, 3.05) is 6.61 Å². The molecule has 0 aliphatic carbocycles. The third-order valence-electron chi connectivity index (χ3n) is 3.35. The fourth-order valence-corrected chi connectivity index (χ4v) is 3.15. The summed E-state index contributed by atoms with van der Waals surface area (Å²) in [7, 11) is 0. The van der Waals surface area contributed by atoms with Gasteiger partial charge in [-0.15, -0.1) is 11.3 Å². The largest absolute Gasteiger partial charge is 0.395 e. The second kappa shape index (κ2) is 6.13. The monoisotopic (exact) mass is 296 g/mol. The van der Waals surface area contributed by atoms with Gasteiger partial charge in [0, 0.05) is 16.9 Å². The molecule has 0 aliphatic rings. The van der Waals surface area contributed by atoms with Crippen LogP contribution in [-0.2, 0) is 6.54 Å². The predicted octanol–water partition coefficient (Wildman–Crippen LogP) is 3.19. The Kier molecular flexibility index (Phi) is 4.05. The normalized spacial score (nSPS) is 10.6. The first-order valence-electron chi connectivity index (χ1n) is 6.87. The van der Waals surface area contributed by atoms with Crippen LogP contribution < -0.4 is 0 Å². The smallest absolute Gasteiger partial charge is 0.107 e. The molecule has 0 unspecified atom stereocenters. The number of hydrogen-bond donors (Lipinski definition) is 1. The predicted molar refractivity (Wildman–Crippen MR) is 86.5 cm³/mol. The summed E-state index contributed by atoms with van der Waals surface area (Å²) in [4.78, 5) is 5.83. The van der Waals surface area contributed by atoms with Gasteiger partial charge in [-0.2, -0.15) is 0 Å². The van der Waals surface area contributed by atoms with E-state index in [9.17, 15) is 0 Å². The van der Waals surface area contributed by atoms with E-state index in [1.165, 1.54) is 4.88 Å². The molecule has 0 saturated carbocycles. The van der Waals surface area contributed by atoms with Crippen LogP contribution in [0.4, 0.5) is 0 Å². The molecule has 1 N–H and O–H groups in total. The molecule has 0 amide bonds. The molecule has 0 radical (unpaired) electrons. The summed E-state index contributed by atoms with van der Waals surface area (Å²) >= 11 is 1.71. The molecule has 0 atom stereocenters. The zero-order valence-electron chi connectivity index (χ0n) is 11.8. The van der Waals surface area contributed by atoms with Gasteiger partial charge in [0.05, 0.1) is 24.2 Å². The minimum absolute atomic E-state index is 0.109. The standard InChI is InChI=1S/C17H16N2OS/c1-13-18-15-7-2-3-8-16(15)19(13)12-17-14(9-11-21-17)6-4-5-10-20/h2-3,7-9,11,20H,5,10,12H2,1H3. The number of aliphatic hydroxyl groups is 1. The van der Waals surface area contributed by atoms with E-state index in [-0.39, 0.29) is 6.61 Å². The van der Waals surface area contributed by atoms with E-state index in [1.807, 2.05) is 31.2 Å². The summed E-state index contributed by atoms with van der Waals surface area (Å²) in [6.45, 7) is 2.93. The van der Waals surface area contributed by atoms with Gasteiger partial charge < -0.3 is 9.67 Å². The average Bonchev–Trinajstić information content (AvgIpc) is 3.05. The van der Waals surface area contributed by atoms with Crippen LogP contribution in [0.3, 0.4) is 0 Å². The van der Waals surface area contributed by atoms with Crippen molar-refractivity contribution in [2.45, 2.75) is 19.9 Å². The van der Waals surface area contributed by atoms with Crippen molar-refractivity contribution in [2.24, 2.45) is 0 Å². The molecule has 106 valence electrons. The number of rotatable bonds is 3. The van der Waals surface area contributed by atoms with E-state index in [1.54, 1.807) is 11.3 Å². The maximum Gasteiger partial charge on any atom is 0.107 e. The van der Waals surface area contributed by atoms with Crippen LogP contribution in [0.5, 0.6) is 0 Å². The molecule has 3 nitrogen and oxygen atoms in total. The SMILES string of the molecule is Cc1nc2ccccc2n1Cc1sccc1C#CCCO. The number of aryl methyl sites for hydroxylation is 1. The highest BCUT2D eigenvalue weighted by Gasteiger charge is 2.09. The second-order valence-electron chi connectivity index (χ2n) is 4.77. The van der Waals surface area contributed by atoms with Gasteiger partial charge in [-0.3, -0.25) is 0 Å². The highest BCUT2D eigenvalue weighted by molar-refractivity contribution is 7.10. The second-order valence-corrected chi connectivity index (χ2v) is 5.77. The highest BCUT2D eigenvalue weighted by Crippen LogP contribution is 2.22. The molecule has 0 aliphatic heterocycles. The summed E-state index contributed by atoms with van der Waals surface area (Å²) in [5, 5.41) is 10.9. The van der Waals surface area contributed by atoms with Crippen LogP contribution in [-0.4, -0.2) is 21.3 Å². The number of fused-ring (bicyclic) bond motifs is 1. The number of aliphatic hydroxyl groups excluding tert-OH is 1. The molecule has 0 fully saturated rings. The van der Waals surface area contributed by atoms with E-state index in [2.05, 4.69) is 32.8 Å². The first kappa shape index (κ1) is 13.9. The Morgan fingerprint density at radius 3 is 3.00 bits per heavy atom. The fourth-order valence-electron chi connectivity index (χ4n) is 2.33. The molecule has 3 aromatic rings. The molecule has 3 rings (SSSR count). The Labute approximate surface area is 127 Å². The van der Waals surface area contributed by atoms with Crippen LogP contribution in [0.25, 0.3) is 11.0 Å². The van der Waals surface area contributed by atoms with Gasteiger partial charge in [-0.1, -0.05) is 24.0 Å². The Bertz CT molecular complexity index is 820. The van der Waals surface area contributed by atoms with Crippen molar-refractivity contribution in [3.8, 4) is 11.8 Å². The van der Waals surface area contributed by atoms with Crippen LogP contribution in [0.2, 0.25) is 0 Å². The van der Waals surface area contributed by atoms with Crippen molar-refractivity contribution in [3.63, 3.8) is 0 Å². The minimum atomic E-state index is 0.109. The number of nitrogens with zero attached hydrogens (tertiary/aromatic N) is 2. The lowest BCUT2D eigenvalue weighted by molar-refractivity contribution is 0.305. The number of para-hydroxylation sites is 2. The first-order valence-corrected chi connectivity index (χ1v) is 7.75. The lowest BCUT2D eigenvalue weighted by Gasteiger charge is -2.05. The lowest BCUT2D eigenvalue weighted by Crippen LogP contribution is -2.01. The van der Waals surface area contributed by atoms with Crippen LogP contribution >= 0.6 is 11.3 Å². The minimum Gasteiger partial charge on any atom is -0.395 e. The molecule has 2 aromatic heterocycles.